The number of pyridine rings is 1. The van der Waals surface area contributed by atoms with Gasteiger partial charge in [-0.25, -0.2) is 0 Å². The van der Waals surface area contributed by atoms with E-state index in [2.05, 4.69) is 17.2 Å². The van der Waals surface area contributed by atoms with Crippen LogP contribution in [0.25, 0.3) is 10.8 Å². The lowest BCUT2D eigenvalue weighted by molar-refractivity contribution is 0.398. The summed E-state index contributed by atoms with van der Waals surface area (Å²) < 4.78 is 1.22. The number of fused-ring (bicyclic) bond motifs is 1. The van der Waals surface area contributed by atoms with Crippen LogP contribution in [0, 0.1) is 18.3 Å². The predicted octanol–water partition coefficient (Wildman–Crippen LogP) is 5.49. The van der Waals surface area contributed by atoms with E-state index >= 15 is 0 Å². The van der Waals surface area contributed by atoms with Crippen LogP contribution in [-0.4, -0.2) is 9.67 Å². The van der Waals surface area contributed by atoms with Gasteiger partial charge in [0.15, 0.2) is 5.69 Å². The summed E-state index contributed by atoms with van der Waals surface area (Å²) in [5, 5.41) is 30.2. The number of rotatable bonds is 6. The zero-order chi connectivity index (χ0) is 20.1. The largest absolute Gasteiger partial charge is 0.493 e. The number of nitrogens with zero attached hydrogens (tertiary/aromatic N) is 4. The van der Waals surface area contributed by atoms with Gasteiger partial charge in [0.1, 0.15) is 11.6 Å². The lowest BCUT2D eigenvalue weighted by atomic mass is 10.1. The molecule has 1 aromatic heterocycles. The topological polar surface area (TPSA) is 90.7 Å². The number of hydrogen-bond donors (Lipinski definition) is 1. The lowest BCUT2D eigenvalue weighted by Gasteiger charge is -2.12. The molecule has 142 valence electrons. The molecule has 0 amide bonds. The first-order chi connectivity index (χ1) is 13.6. The summed E-state index contributed by atoms with van der Waals surface area (Å²) in [6, 6.07) is 15.5. The number of unbranched alkanes of at least 4 members (excludes halogenated alkanes) is 2. The molecule has 1 heterocycles. The Morgan fingerprint density at radius 2 is 1.86 bits per heavy atom. The van der Waals surface area contributed by atoms with Crippen LogP contribution in [0.2, 0.25) is 0 Å². The van der Waals surface area contributed by atoms with Crippen LogP contribution in [0.15, 0.2) is 57.5 Å². The van der Waals surface area contributed by atoms with E-state index in [1.165, 1.54) is 4.57 Å². The summed E-state index contributed by atoms with van der Waals surface area (Å²) in [7, 11) is 0. The minimum absolute atomic E-state index is 0.0589. The first-order valence-electron chi connectivity index (χ1n) is 9.33. The second-order valence-corrected chi connectivity index (χ2v) is 6.68. The van der Waals surface area contributed by atoms with Crippen LogP contribution in [-0.2, 0) is 6.54 Å². The van der Waals surface area contributed by atoms with E-state index in [0.717, 1.165) is 30.0 Å². The van der Waals surface area contributed by atoms with Gasteiger partial charge in [0.2, 0.25) is 5.88 Å². The van der Waals surface area contributed by atoms with Gasteiger partial charge in [-0.05, 0) is 36.2 Å². The number of aromatic nitrogens is 1. The highest BCUT2D eigenvalue weighted by molar-refractivity contribution is 5.85. The monoisotopic (exact) mass is 374 g/mol. The second kappa shape index (κ2) is 8.49. The van der Waals surface area contributed by atoms with Gasteiger partial charge in [0, 0.05) is 12.1 Å². The third-order valence-electron chi connectivity index (χ3n) is 4.75. The summed E-state index contributed by atoms with van der Waals surface area (Å²) in [4.78, 5) is 12.8. The van der Waals surface area contributed by atoms with Gasteiger partial charge in [-0.3, -0.25) is 9.36 Å². The number of nitriles is 1. The van der Waals surface area contributed by atoms with Gasteiger partial charge in [-0.2, -0.15) is 10.4 Å². The zero-order valence-electron chi connectivity index (χ0n) is 16.0. The molecule has 0 bridgehead atoms. The Balaban J connectivity index is 2.04. The van der Waals surface area contributed by atoms with Gasteiger partial charge in [0.25, 0.3) is 5.56 Å². The maximum Gasteiger partial charge on any atom is 0.281 e. The summed E-state index contributed by atoms with van der Waals surface area (Å²) in [5.41, 5.74) is 0.653. The Morgan fingerprint density at radius 3 is 2.57 bits per heavy atom. The average molecular weight is 374 g/mol. The van der Waals surface area contributed by atoms with E-state index in [4.69, 9.17) is 0 Å². The summed E-state index contributed by atoms with van der Waals surface area (Å²) >= 11 is 0. The van der Waals surface area contributed by atoms with Crippen molar-refractivity contribution in [1.29, 1.82) is 5.26 Å². The minimum atomic E-state index is -0.436. The molecule has 0 fully saturated rings. The molecule has 0 aliphatic rings. The highest BCUT2D eigenvalue weighted by Crippen LogP contribution is 2.28. The Bertz CT molecular complexity index is 1140. The number of aromatic hydroxyl groups is 1. The van der Waals surface area contributed by atoms with Crippen molar-refractivity contribution in [2.45, 2.75) is 39.7 Å². The van der Waals surface area contributed by atoms with Crippen LogP contribution in [0.1, 0.15) is 37.3 Å². The molecule has 0 unspecified atom stereocenters. The Morgan fingerprint density at radius 1 is 1.11 bits per heavy atom. The summed E-state index contributed by atoms with van der Waals surface area (Å²) in [6.45, 7) is 4.00. The van der Waals surface area contributed by atoms with E-state index in [-0.39, 0.29) is 17.1 Å². The number of benzene rings is 2. The molecule has 1 N–H and O–H groups in total. The van der Waals surface area contributed by atoms with Crippen LogP contribution >= 0.6 is 0 Å². The van der Waals surface area contributed by atoms with E-state index in [0.29, 0.717) is 17.8 Å². The molecule has 6 nitrogen and oxygen atoms in total. The molecule has 0 aliphatic heterocycles. The fourth-order valence-corrected chi connectivity index (χ4v) is 3.13. The van der Waals surface area contributed by atoms with Crippen molar-refractivity contribution in [2.75, 3.05) is 0 Å². The van der Waals surface area contributed by atoms with Gasteiger partial charge in [-0.1, -0.05) is 50.1 Å². The molecule has 2 aromatic carbocycles. The van der Waals surface area contributed by atoms with E-state index in [9.17, 15) is 15.2 Å². The van der Waals surface area contributed by atoms with Crippen molar-refractivity contribution in [2.24, 2.45) is 10.2 Å². The quantitative estimate of drug-likeness (QED) is 0.456. The van der Waals surface area contributed by atoms with Crippen molar-refractivity contribution in [3.8, 4) is 11.9 Å². The summed E-state index contributed by atoms with van der Waals surface area (Å²) in [6.07, 6.45) is 2.65. The van der Waals surface area contributed by atoms with Crippen molar-refractivity contribution in [3.63, 3.8) is 0 Å². The van der Waals surface area contributed by atoms with Crippen molar-refractivity contribution < 1.29 is 5.11 Å². The molecule has 3 aromatic rings. The number of azo groups is 1. The van der Waals surface area contributed by atoms with Gasteiger partial charge in [0.05, 0.1) is 5.69 Å². The molecule has 0 aliphatic carbocycles. The number of hydrogen-bond acceptors (Lipinski definition) is 5. The van der Waals surface area contributed by atoms with E-state index in [1.54, 1.807) is 6.92 Å². The summed E-state index contributed by atoms with van der Waals surface area (Å²) in [5.74, 6) is -0.300. The maximum atomic E-state index is 12.8. The first-order valence-corrected chi connectivity index (χ1v) is 9.33. The van der Waals surface area contributed by atoms with Gasteiger partial charge < -0.3 is 5.11 Å². The Labute approximate surface area is 163 Å². The fraction of sp³-hybridized carbons (Fsp3) is 0.273. The van der Waals surface area contributed by atoms with Crippen LogP contribution in [0.5, 0.6) is 5.88 Å². The highest BCUT2D eigenvalue weighted by Gasteiger charge is 2.18. The maximum absolute atomic E-state index is 12.8. The Hall–Kier alpha value is -3.46. The highest BCUT2D eigenvalue weighted by atomic mass is 16.3. The molecule has 0 radical (unpaired) electrons. The SMILES string of the molecule is CCCCCn1c(O)c(C#N)c(C)c(N=Nc2ccc3ccccc3c2)c1=O. The molecule has 28 heavy (non-hydrogen) atoms. The van der Waals surface area contributed by atoms with Crippen molar-refractivity contribution in [1.82, 2.24) is 4.57 Å². The lowest BCUT2D eigenvalue weighted by Crippen LogP contribution is -2.22. The molecule has 0 atom stereocenters. The van der Waals surface area contributed by atoms with Crippen LogP contribution in [0.4, 0.5) is 11.4 Å². The molecule has 3 rings (SSSR count). The second-order valence-electron chi connectivity index (χ2n) is 6.68. The minimum Gasteiger partial charge on any atom is -0.493 e. The molecule has 0 saturated heterocycles. The molecular weight excluding hydrogens is 352 g/mol. The van der Waals surface area contributed by atoms with Crippen molar-refractivity contribution >= 4 is 22.1 Å². The van der Waals surface area contributed by atoms with Gasteiger partial charge in [-0.15, -0.1) is 5.11 Å². The standard InChI is InChI=1S/C22H22N4O2/c1-3-4-7-12-26-21(27)19(14-23)15(2)20(22(26)28)25-24-18-11-10-16-8-5-6-9-17(16)13-18/h5-6,8-11,13,27H,3-4,7,12H2,1-2H3. The average Bonchev–Trinajstić information content (AvgIpc) is 2.70. The Kier molecular flexibility index (Phi) is 5.85. The zero-order valence-corrected chi connectivity index (χ0v) is 16.0. The normalized spacial score (nSPS) is 11.2. The molecular formula is C22H22N4O2. The smallest absolute Gasteiger partial charge is 0.281 e. The van der Waals surface area contributed by atoms with E-state index in [1.807, 2.05) is 48.5 Å². The fourth-order valence-electron chi connectivity index (χ4n) is 3.13. The third-order valence-corrected chi connectivity index (χ3v) is 4.75. The van der Waals surface area contributed by atoms with Crippen molar-refractivity contribution in [3.05, 3.63) is 63.9 Å². The van der Waals surface area contributed by atoms with E-state index < -0.39 is 5.56 Å². The predicted molar refractivity (Wildman–Crippen MR) is 109 cm³/mol. The third kappa shape index (κ3) is 3.79. The molecule has 0 spiro atoms. The molecule has 0 saturated carbocycles. The van der Waals surface area contributed by atoms with Gasteiger partial charge >= 0.3 is 0 Å². The van der Waals surface area contributed by atoms with Crippen LogP contribution in [0.3, 0.4) is 0 Å². The molecule has 6 heteroatoms. The van der Waals surface area contributed by atoms with Crippen LogP contribution < -0.4 is 5.56 Å². The first kappa shape index (κ1) is 19.3.